The van der Waals surface area contributed by atoms with Crippen LogP contribution in [0, 0.1) is 0 Å². The lowest BCUT2D eigenvalue weighted by molar-refractivity contribution is -0.0548. The lowest BCUT2D eigenvalue weighted by atomic mass is 10.0. The molecule has 3 heterocycles. The van der Waals surface area contributed by atoms with Crippen LogP contribution in [-0.2, 0) is 11.2 Å². The molecule has 2 fully saturated rings. The van der Waals surface area contributed by atoms with Gasteiger partial charge in [0, 0.05) is 24.5 Å². The number of morpholine rings is 1. The van der Waals surface area contributed by atoms with Gasteiger partial charge >= 0.3 is 0 Å². The fourth-order valence-electron chi connectivity index (χ4n) is 2.90. The zero-order chi connectivity index (χ0) is 14.2. The fourth-order valence-corrected chi connectivity index (χ4v) is 2.90. The van der Waals surface area contributed by atoms with E-state index in [0.29, 0.717) is 17.8 Å². The Bertz CT molecular complexity index is 454. The lowest BCUT2D eigenvalue weighted by Crippen LogP contribution is -2.42. The van der Waals surface area contributed by atoms with Crippen molar-refractivity contribution in [2.45, 2.75) is 57.2 Å². The standard InChI is InChI=1S/C14H24N4O2/c1-14(2,15)6-5-12-16-13(17-20-12)11-8-18-7-3-4-10(18)9-19-11/h10-11H,3-9,15H2,1-2H3. The minimum absolute atomic E-state index is 0.0484. The number of nitrogens with two attached hydrogens (primary N) is 1. The van der Waals surface area contributed by atoms with Gasteiger partial charge in [0.1, 0.15) is 6.10 Å². The van der Waals surface area contributed by atoms with Crippen LogP contribution in [0.2, 0.25) is 0 Å². The zero-order valence-corrected chi connectivity index (χ0v) is 12.3. The van der Waals surface area contributed by atoms with Gasteiger partial charge in [-0.25, -0.2) is 0 Å². The predicted molar refractivity (Wildman–Crippen MR) is 74.2 cm³/mol. The molecule has 1 aromatic heterocycles. The number of ether oxygens (including phenoxy) is 1. The third-order valence-corrected chi connectivity index (χ3v) is 4.14. The van der Waals surface area contributed by atoms with Crippen LogP contribution in [0.4, 0.5) is 0 Å². The van der Waals surface area contributed by atoms with Crippen molar-refractivity contribution in [3.8, 4) is 0 Å². The second-order valence-electron chi connectivity index (χ2n) is 6.65. The summed E-state index contributed by atoms with van der Waals surface area (Å²) in [6, 6.07) is 0.593. The third kappa shape index (κ3) is 3.19. The number of nitrogens with zero attached hydrogens (tertiary/aromatic N) is 3. The first-order valence-electron chi connectivity index (χ1n) is 7.48. The first kappa shape index (κ1) is 14.0. The van der Waals surface area contributed by atoms with Crippen molar-refractivity contribution in [2.24, 2.45) is 5.73 Å². The fraction of sp³-hybridized carbons (Fsp3) is 0.857. The molecule has 1 aromatic rings. The molecule has 2 saturated heterocycles. The highest BCUT2D eigenvalue weighted by Crippen LogP contribution is 2.28. The molecule has 0 spiro atoms. The summed E-state index contributed by atoms with van der Waals surface area (Å²) in [6.07, 6.45) is 4.01. The van der Waals surface area contributed by atoms with E-state index < -0.39 is 0 Å². The molecular formula is C14H24N4O2. The average Bonchev–Trinajstić information content (AvgIpc) is 3.03. The van der Waals surface area contributed by atoms with E-state index in [2.05, 4.69) is 15.0 Å². The van der Waals surface area contributed by atoms with Crippen LogP contribution in [0.3, 0.4) is 0 Å². The van der Waals surface area contributed by atoms with Crippen molar-refractivity contribution in [1.29, 1.82) is 0 Å². The molecule has 0 amide bonds. The summed E-state index contributed by atoms with van der Waals surface area (Å²) >= 11 is 0. The van der Waals surface area contributed by atoms with Crippen LogP contribution in [0.15, 0.2) is 4.52 Å². The van der Waals surface area contributed by atoms with Gasteiger partial charge in [0.15, 0.2) is 0 Å². The Morgan fingerprint density at radius 2 is 2.30 bits per heavy atom. The van der Waals surface area contributed by atoms with Gasteiger partial charge < -0.3 is 15.0 Å². The topological polar surface area (TPSA) is 77.4 Å². The second-order valence-corrected chi connectivity index (χ2v) is 6.65. The molecule has 6 nitrogen and oxygen atoms in total. The number of aromatic nitrogens is 2. The van der Waals surface area contributed by atoms with E-state index in [1.807, 2.05) is 13.8 Å². The van der Waals surface area contributed by atoms with E-state index in [9.17, 15) is 0 Å². The molecular weight excluding hydrogens is 256 g/mol. The van der Waals surface area contributed by atoms with E-state index in [1.165, 1.54) is 12.8 Å². The van der Waals surface area contributed by atoms with Crippen LogP contribution in [0.25, 0.3) is 0 Å². The lowest BCUT2D eigenvalue weighted by Gasteiger charge is -2.33. The van der Waals surface area contributed by atoms with Gasteiger partial charge in [-0.2, -0.15) is 4.98 Å². The van der Waals surface area contributed by atoms with Gasteiger partial charge in [0.25, 0.3) is 0 Å². The van der Waals surface area contributed by atoms with Gasteiger partial charge in [-0.3, -0.25) is 4.90 Å². The van der Waals surface area contributed by atoms with Gasteiger partial charge in [-0.1, -0.05) is 5.16 Å². The maximum absolute atomic E-state index is 5.97. The summed E-state index contributed by atoms with van der Waals surface area (Å²) in [4.78, 5) is 6.95. The summed E-state index contributed by atoms with van der Waals surface area (Å²) in [5, 5.41) is 4.08. The maximum Gasteiger partial charge on any atom is 0.226 e. The van der Waals surface area contributed by atoms with Gasteiger partial charge in [-0.15, -0.1) is 0 Å². The van der Waals surface area contributed by atoms with E-state index >= 15 is 0 Å². The van der Waals surface area contributed by atoms with E-state index in [0.717, 1.165) is 32.5 Å². The Hall–Kier alpha value is -0.980. The van der Waals surface area contributed by atoms with Crippen LogP contribution in [0.5, 0.6) is 0 Å². The minimum atomic E-state index is -0.210. The third-order valence-electron chi connectivity index (χ3n) is 4.14. The predicted octanol–water partition coefficient (Wildman–Crippen LogP) is 1.28. The molecule has 2 unspecified atom stereocenters. The van der Waals surface area contributed by atoms with Crippen LogP contribution < -0.4 is 5.73 Å². The first-order chi connectivity index (χ1) is 9.51. The Labute approximate surface area is 119 Å². The Morgan fingerprint density at radius 3 is 3.10 bits per heavy atom. The maximum atomic E-state index is 5.97. The van der Waals surface area contributed by atoms with Gasteiger partial charge in [-0.05, 0) is 39.7 Å². The highest BCUT2D eigenvalue weighted by atomic mass is 16.5. The zero-order valence-electron chi connectivity index (χ0n) is 12.3. The average molecular weight is 280 g/mol. The molecule has 6 heteroatoms. The molecule has 2 aliphatic rings. The van der Waals surface area contributed by atoms with E-state index in [1.54, 1.807) is 0 Å². The number of aryl methyl sites for hydroxylation is 1. The summed E-state index contributed by atoms with van der Waals surface area (Å²) in [5.74, 6) is 1.34. The molecule has 0 radical (unpaired) electrons. The molecule has 0 aromatic carbocycles. The quantitative estimate of drug-likeness (QED) is 0.895. The van der Waals surface area contributed by atoms with E-state index in [-0.39, 0.29) is 11.6 Å². The first-order valence-corrected chi connectivity index (χ1v) is 7.48. The van der Waals surface area contributed by atoms with Crippen LogP contribution in [-0.4, -0.2) is 46.3 Å². The van der Waals surface area contributed by atoms with E-state index in [4.69, 9.17) is 15.0 Å². The highest BCUT2D eigenvalue weighted by Gasteiger charge is 2.34. The van der Waals surface area contributed by atoms with Crippen LogP contribution in [0.1, 0.15) is 50.9 Å². The second kappa shape index (κ2) is 5.42. The van der Waals surface area contributed by atoms with Crippen molar-refractivity contribution in [3.63, 3.8) is 0 Å². The van der Waals surface area contributed by atoms with Crippen molar-refractivity contribution >= 4 is 0 Å². The molecule has 20 heavy (non-hydrogen) atoms. The Balaban J connectivity index is 1.59. The van der Waals surface area contributed by atoms with Gasteiger partial charge in [0.05, 0.1) is 6.61 Å². The molecule has 112 valence electrons. The molecule has 2 aliphatic heterocycles. The number of fused-ring (bicyclic) bond motifs is 1. The van der Waals surface area contributed by atoms with Gasteiger partial charge in [0.2, 0.25) is 11.7 Å². The molecule has 2 atom stereocenters. The van der Waals surface area contributed by atoms with Crippen molar-refractivity contribution in [3.05, 3.63) is 11.7 Å². The summed E-state index contributed by atoms with van der Waals surface area (Å²) in [5.41, 5.74) is 5.76. The van der Waals surface area contributed by atoms with Crippen LogP contribution >= 0.6 is 0 Å². The smallest absolute Gasteiger partial charge is 0.226 e. The van der Waals surface area contributed by atoms with Crippen molar-refractivity contribution < 1.29 is 9.26 Å². The number of rotatable bonds is 4. The Kier molecular flexibility index (Phi) is 3.79. The normalized spacial score (nSPS) is 27.8. The van der Waals surface area contributed by atoms with Crippen molar-refractivity contribution in [2.75, 3.05) is 19.7 Å². The number of hydrogen-bond acceptors (Lipinski definition) is 6. The molecule has 0 aliphatic carbocycles. The Morgan fingerprint density at radius 1 is 1.45 bits per heavy atom. The molecule has 3 rings (SSSR count). The summed E-state index contributed by atoms with van der Waals surface area (Å²) in [6.45, 7) is 6.83. The summed E-state index contributed by atoms with van der Waals surface area (Å²) in [7, 11) is 0. The molecule has 2 N–H and O–H groups in total. The highest BCUT2D eigenvalue weighted by molar-refractivity contribution is 4.97. The molecule has 0 saturated carbocycles. The number of hydrogen-bond donors (Lipinski definition) is 1. The monoisotopic (exact) mass is 280 g/mol. The largest absolute Gasteiger partial charge is 0.367 e. The van der Waals surface area contributed by atoms with Crippen molar-refractivity contribution in [1.82, 2.24) is 15.0 Å². The SMILES string of the molecule is CC(C)(N)CCc1nc(C2CN3CCCC3CO2)no1. The molecule has 0 bridgehead atoms. The summed E-state index contributed by atoms with van der Waals surface area (Å²) < 4.78 is 11.2. The minimum Gasteiger partial charge on any atom is -0.367 e.